The third kappa shape index (κ3) is 4.34. The third-order valence-electron chi connectivity index (χ3n) is 3.15. The van der Waals surface area contributed by atoms with Gasteiger partial charge < -0.3 is 5.32 Å². The molecule has 0 saturated heterocycles. The third-order valence-corrected chi connectivity index (χ3v) is 4.12. The summed E-state index contributed by atoms with van der Waals surface area (Å²) in [4.78, 5) is 0. The molecule has 1 unspecified atom stereocenters. The zero-order chi connectivity index (χ0) is 13.7. The maximum Gasteiger partial charge on any atom is 0.0417 e. The Kier molecular flexibility index (Phi) is 5.44. The molecule has 0 aliphatic carbocycles. The molecule has 0 heterocycles. The van der Waals surface area contributed by atoms with Gasteiger partial charge in [-0.15, -0.1) is 0 Å². The average molecular weight is 339 g/mol. The van der Waals surface area contributed by atoms with Crippen molar-refractivity contribution in [2.75, 3.05) is 6.54 Å². The van der Waals surface area contributed by atoms with E-state index in [0.29, 0.717) is 5.92 Å². The Hall–Kier alpha value is -0.830. The first-order valence-corrected chi connectivity index (χ1v) is 7.53. The van der Waals surface area contributed by atoms with Gasteiger partial charge in [0, 0.05) is 22.6 Å². The molecule has 0 fully saturated rings. The second-order valence-corrected chi connectivity index (χ2v) is 5.97. The highest BCUT2D eigenvalue weighted by atomic mass is 79.9. The van der Waals surface area contributed by atoms with Crippen LogP contribution in [0.2, 0.25) is 5.02 Å². The van der Waals surface area contributed by atoms with Crippen LogP contribution in [0.15, 0.2) is 53.0 Å². The van der Waals surface area contributed by atoms with Crippen molar-refractivity contribution in [1.29, 1.82) is 0 Å². The summed E-state index contributed by atoms with van der Waals surface area (Å²) in [5.74, 6) is 0.507. The molecular weight excluding hydrogens is 322 g/mol. The van der Waals surface area contributed by atoms with Crippen LogP contribution in [-0.2, 0) is 6.54 Å². The van der Waals surface area contributed by atoms with Gasteiger partial charge >= 0.3 is 0 Å². The van der Waals surface area contributed by atoms with Crippen LogP contribution in [0.3, 0.4) is 0 Å². The minimum Gasteiger partial charge on any atom is -0.312 e. The fraction of sp³-hybridized carbons (Fsp3) is 0.250. The van der Waals surface area contributed by atoms with Crippen LogP contribution in [0.25, 0.3) is 0 Å². The van der Waals surface area contributed by atoms with Crippen LogP contribution < -0.4 is 5.32 Å². The monoisotopic (exact) mass is 337 g/mol. The van der Waals surface area contributed by atoms with Crippen molar-refractivity contribution in [1.82, 2.24) is 5.32 Å². The van der Waals surface area contributed by atoms with Crippen molar-refractivity contribution in [3.8, 4) is 0 Å². The van der Waals surface area contributed by atoms with Gasteiger partial charge in [-0.2, -0.15) is 0 Å². The van der Waals surface area contributed by atoms with E-state index in [-0.39, 0.29) is 0 Å². The summed E-state index contributed by atoms with van der Waals surface area (Å²) < 4.78 is 1.06. The lowest BCUT2D eigenvalue weighted by molar-refractivity contribution is 0.614. The van der Waals surface area contributed by atoms with Gasteiger partial charge in [0.1, 0.15) is 0 Å². The number of nitrogens with one attached hydrogen (secondary N) is 1. The van der Waals surface area contributed by atoms with Crippen molar-refractivity contribution in [2.45, 2.75) is 19.4 Å². The molecule has 0 aliphatic rings. The number of hydrogen-bond donors (Lipinski definition) is 1. The summed E-state index contributed by atoms with van der Waals surface area (Å²) in [6.07, 6.45) is 0. The molecular formula is C16H17BrClN. The summed E-state index contributed by atoms with van der Waals surface area (Å²) >= 11 is 9.47. The van der Waals surface area contributed by atoms with E-state index in [1.165, 1.54) is 11.1 Å². The van der Waals surface area contributed by atoms with Gasteiger partial charge in [0.05, 0.1) is 0 Å². The van der Waals surface area contributed by atoms with Crippen molar-refractivity contribution >= 4 is 27.5 Å². The Morgan fingerprint density at radius 1 is 1.16 bits per heavy atom. The number of rotatable bonds is 5. The van der Waals surface area contributed by atoms with E-state index < -0.39 is 0 Å². The molecule has 1 nitrogen and oxygen atoms in total. The van der Waals surface area contributed by atoms with Gasteiger partial charge in [0.15, 0.2) is 0 Å². The zero-order valence-corrected chi connectivity index (χ0v) is 13.2. The zero-order valence-electron chi connectivity index (χ0n) is 10.9. The molecule has 0 radical (unpaired) electrons. The van der Waals surface area contributed by atoms with Gasteiger partial charge in [0.2, 0.25) is 0 Å². The Balaban J connectivity index is 1.86. The fourth-order valence-electron chi connectivity index (χ4n) is 1.99. The smallest absolute Gasteiger partial charge is 0.0417 e. The summed E-state index contributed by atoms with van der Waals surface area (Å²) in [5, 5.41) is 4.24. The van der Waals surface area contributed by atoms with Crippen LogP contribution in [0, 0.1) is 0 Å². The van der Waals surface area contributed by atoms with Gasteiger partial charge in [0.25, 0.3) is 0 Å². The highest BCUT2D eigenvalue weighted by Gasteiger charge is 2.05. The molecule has 1 atom stereocenters. The van der Waals surface area contributed by atoms with E-state index in [0.717, 1.165) is 22.6 Å². The molecule has 3 heteroatoms. The van der Waals surface area contributed by atoms with Crippen molar-refractivity contribution in [2.24, 2.45) is 0 Å². The first kappa shape index (κ1) is 14.6. The maximum atomic E-state index is 5.93. The highest BCUT2D eigenvalue weighted by Crippen LogP contribution is 2.21. The standard InChI is InChI=1S/C16H17BrClN/c1-12(13-5-3-2-4-6-13)10-19-11-14-7-8-15(18)9-16(14)17/h2-9,12,19H,10-11H2,1H3. The second-order valence-electron chi connectivity index (χ2n) is 4.68. The average Bonchev–Trinajstić information content (AvgIpc) is 2.42. The second kappa shape index (κ2) is 7.09. The predicted molar refractivity (Wildman–Crippen MR) is 85.7 cm³/mol. The highest BCUT2D eigenvalue weighted by molar-refractivity contribution is 9.10. The van der Waals surface area contributed by atoms with Crippen molar-refractivity contribution < 1.29 is 0 Å². The molecule has 0 saturated carbocycles. The lowest BCUT2D eigenvalue weighted by Gasteiger charge is -2.13. The van der Waals surface area contributed by atoms with E-state index in [2.05, 4.69) is 58.5 Å². The van der Waals surface area contributed by atoms with Crippen LogP contribution in [-0.4, -0.2) is 6.54 Å². The molecule has 0 aromatic heterocycles. The molecule has 0 bridgehead atoms. The Morgan fingerprint density at radius 2 is 1.89 bits per heavy atom. The van der Waals surface area contributed by atoms with Crippen LogP contribution >= 0.6 is 27.5 Å². The van der Waals surface area contributed by atoms with E-state index in [9.17, 15) is 0 Å². The minimum absolute atomic E-state index is 0.507. The van der Waals surface area contributed by atoms with E-state index >= 15 is 0 Å². The summed E-state index contributed by atoms with van der Waals surface area (Å²) in [5.41, 5.74) is 2.59. The Morgan fingerprint density at radius 3 is 2.58 bits per heavy atom. The number of benzene rings is 2. The first-order chi connectivity index (χ1) is 9.16. The van der Waals surface area contributed by atoms with Gasteiger partial charge in [-0.25, -0.2) is 0 Å². The summed E-state index contributed by atoms with van der Waals surface area (Å²) in [6, 6.07) is 16.5. The normalized spacial score (nSPS) is 12.4. The SMILES string of the molecule is CC(CNCc1ccc(Cl)cc1Br)c1ccccc1. The fourth-order valence-corrected chi connectivity index (χ4v) is 2.81. The quantitative estimate of drug-likeness (QED) is 0.809. The van der Waals surface area contributed by atoms with Crippen LogP contribution in [0.1, 0.15) is 24.0 Å². The Labute approximate surface area is 128 Å². The molecule has 1 N–H and O–H groups in total. The number of halogens is 2. The molecule has 2 aromatic rings. The topological polar surface area (TPSA) is 12.0 Å². The lowest BCUT2D eigenvalue weighted by Crippen LogP contribution is -2.19. The molecule has 0 amide bonds. The summed E-state index contributed by atoms with van der Waals surface area (Å²) in [6.45, 7) is 4.03. The minimum atomic E-state index is 0.507. The van der Waals surface area contributed by atoms with E-state index in [4.69, 9.17) is 11.6 Å². The Bertz CT molecular complexity index is 528. The molecule has 0 spiro atoms. The first-order valence-electron chi connectivity index (χ1n) is 6.36. The van der Waals surface area contributed by atoms with Gasteiger partial charge in [-0.3, -0.25) is 0 Å². The lowest BCUT2D eigenvalue weighted by atomic mass is 10.0. The van der Waals surface area contributed by atoms with E-state index in [1.54, 1.807) is 0 Å². The van der Waals surface area contributed by atoms with Crippen LogP contribution in [0.5, 0.6) is 0 Å². The molecule has 2 rings (SSSR count). The van der Waals surface area contributed by atoms with Crippen molar-refractivity contribution in [3.05, 3.63) is 69.2 Å². The molecule has 19 heavy (non-hydrogen) atoms. The van der Waals surface area contributed by atoms with Crippen molar-refractivity contribution in [3.63, 3.8) is 0 Å². The molecule has 100 valence electrons. The molecule has 0 aliphatic heterocycles. The predicted octanol–water partition coefficient (Wildman–Crippen LogP) is 5.00. The van der Waals surface area contributed by atoms with Crippen LogP contribution in [0.4, 0.5) is 0 Å². The summed E-state index contributed by atoms with van der Waals surface area (Å²) in [7, 11) is 0. The van der Waals surface area contributed by atoms with Gasteiger partial charge in [-0.05, 0) is 29.2 Å². The van der Waals surface area contributed by atoms with Gasteiger partial charge in [-0.1, -0.05) is 70.9 Å². The van der Waals surface area contributed by atoms with E-state index in [1.807, 2.05) is 18.2 Å². The maximum absolute atomic E-state index is 5.93. The number of hydrogen-bond acceptors (Lipinski definition) is 1. The molecule has 2 aromatic carbocycles. The largest absolute Gasteiger partial charge is 0.312 e.